The molecule has 0 bridgehead atoms. The Morgan fingerprint density at radius 3 is 2.64 bits per heavy atom. The number of nitriles is 1. The fourth-order valence-corrected chi connectivity index (χ4v) is 4.60. The minimum atomic E-state index is -0.195. The highest BCUT2D eigenvalue weighted by Crippen LogP contribution is 2.26. The van der Waals surface area contributed by atoms with Crippen molar-refractivity contribution in [2.75, 3.05) is 33.7 Å². The summed E-state index contributed by atoms with van der Waals surface area (Å²) in [7, 11) is 4.00. The maximum absolute atomic E-state index is 13.0. The number of likely N-dealkylation sites (N-methyl/N-ethyl adjacent to an activating group) is 1. The first-order chi connectivity index (χ1) is 18.7. The molecule has 3 rings (SSSR count). The number of amides is 1. The van der Waals surface area contributed by atoms with Gasteiger partial charge in [0.15, 0.2) is 5.11 Å². The molecular weight excluding hydrogens is 553 g/mol. The molecule has 0 saturated heterocycles. The van der Waals surface area contributed by atoms with Gasteiger partial charge < -0.3 is 25.0 Å². The van der Waals surface area contributed by atoms with Gasteiger partial charge in [-0.05, 0) is 62.6 Å². The summed E-state index contributed by atoms with van der Waals surface area (Å²) in [5.74, 6) is -0.115. The lowest BCUT2D eigenvalue weighted by molar-refractivity contribution is -0.121. The summed E-state index contributed by atoms with van der Waals surface area (Å²) in [5.41, 5.74) is 3.28. The van der Waals surface area contributed by atoms with Crippen molar-refractivity contribution in [2.45, 2.75) is 32.5 Å². The standard InChI is InChI=1S/C28H33Cl2N7OS/c1-20(16-36(28(39)33-11-12-35(2)3)18-23-5-4-6-25(29)27(23)30)34-26(38)13-24-15-32-19-37(24)17-22-9-7-21(14-31)8-10-22/h4-10,15,19-20H,11-13,16-18H2,1-3H3,(H,33,39)(H,34,38)/t20-/m0/s1. The van der Waals surface area contributed by atoms with Crippen molar-refractivity contribution in [1.82, 2.24) is 30.0 Å². The smallest absolute Gasteiger partial charge is 0.226 e. The van der Waals surface area contributed by atoms with Crippen molar-refractivity contribution < 1.29 is 4.79 Å². The molecule has 1 aromatic heterocycles. The Morgan fingerprint density at radius 2 is 1.95 bits per heavy atom. The summed E-state index contributed by atoms with van der Waals surface area (Å²) in [6.45, 7) is 4.95. The number of carbonyl (C=O) groups is 1. The van der Waals surface area contributed by atoms with Crippen LogP contribution in [0, 0.1) is 11.3 Å². The molecule has 1 atom stereocenters. The zero-order valence-electron chi connectivity index (χ0n) is 22.3. The van der Waals surface area contributed by atoms with Gasteiger partial charge >= 0.3 is 0 Å². The van der Waals surface area contributed by atoms with E-state index in [1.165, 1.54) is 0 Å². The van der Waals surface area contributed by atoms with Crippen LogP contribution in [0.1, 0.15) is 29.3 Å². The van der Waals surface area contributed by atoms with E-state index in [9.17, 15) is 4.79 Å². The largest absolute Gasteiger partial charge is 0.361 e. The van der Waals surface area contributed by atoms with Crippen LogP contribution in [-0.2, 0) is 24.3 Å². The zero-order valence-corrected chi connectivity index (χ0v) is 24.7. The van der Waals surface area contributed by atoms with Crippen molar-refractivity contribution >= 4 is 46.4 Å². The maximum atomic E-state index is 13.0. The topological polar surface area (TPSA) is 89.2 Å². The lowest BCUT2D eigenvalue weighted by atomic mass is 10.1. The van der Waals surface area contributed by atoms with E-state index < -0.39 is 0 Å². The van der Waals surface area contributed by atoms with Crippen LogP contribution in [0.5, 0.6) is 0 Å². The Labute approximate surface area is 245 Å². The third-order valence-electron chi connectivity index (χ3n) is 5.99. The molecule has 0 aliphatic carbocycles. The van der Waals surface area contributed by atoms with E-state index in [0.29, 0.717) is 46.9 Å². The Morgan fingerprint density at radius 1 is 1.21 bits per heavy atom. The van der Waals surface area contributed by atoms with Crippen molar-refractivity contribution in [3.63, 3.8) is 0 Å². The molecule has 0 radical (unpaired) electrons. The Kier molecular flexibility index (Phi) is 11.6. The van der Waals surface area contributed by atoms with Gasteiger partial charge in [-0.1, -0.05) is 47.5 Å². The van der Waals surface area contributed by atoms with E-state index in [1.54, 1.807) is 30.7 Å². The second-order valence-corrected chi connectivity index (χ2v) is 10.8. The number of carbonyl (C=O) groups excluding carboxylic acids is 1. The van der Waals surface area contributed by atoms with Crippen LogP contribution in [0.3, 0.4) is 0 Å². The molecule has 206 valence electrons. The summed E-state index contributed by atoms with van der Waals surface area (Å²) in [4.78, 5) is 21.3. The maximum Gasteiger partial charge on any atom is 0.226 e. The molecule has 2 N–H and O–H groups in total. The molecule has 1 heterocycles. The van der Waals surface area contributed by atoms with Crippen molar-refractivity contribution in [2.24, 2.45) is 0 Å². The van der Waals surface area contributed by atoms with E-state index in [-0.39, 0.29) is 18.4 Å². The SMILES string of the molecule is C[C@@H](CN(Cc1cccc(Cl)c1Cl)C(=S)NCCN(C)C)NC(=O)Cc1cncn1Cc1ccc(C#N)cc1. The lowest BCUT2D eigenvalue weighted by Crippen LogP contribution is -2.48. The molecule has 0 spiro atoms. The quantitative estimate of drug-likeness (QED) is 0.309. The normalized spacial score (nSPS) is 11.6. The summed E-state index contributed by atoms with van der Waals surface area (Å²) in [5, 5.41) is 16.9. The van der Waals surface area contributed by atoms with Gasteiger partial charge in [0.1, 0.15) is 0 Å². The average Bonchev–Trinajstić information content (AvgIpc) is 3.32. The summed E-state index contributed by atoms with van der Waals surface area (Å²) in [6, 6.07) is 14.8. The first kappa shape index (κ1) is 30.4. The second-order valence-electron chi connectivity index (χ2n) is 9.60. The number of thiocarbonyl (C=S) groups is 1. The molecule has 0 unspecified atom stereocenters. The van der Waals surface area contributed by atoms with E-state index in [0.717, 1.165) is 23.4 Å². The second kappa shape index (κ2) is 14.8. The number of nitrogens with one attached hydrogen (secondary N) is 2. The predicted molar refractivity (Wildman–Crippen MR) is 160 cm³/mol. The Hall–Kier alpha value is -3.16. The van der Waals surface area contributed by atoms with E-state index in [1.807, 2.05) is 54.8 Å². The number of benzene rings is 2. The molecule has 0 fully saturated rings. The fourth-order valence-electron chi connectivity index (χ4n) is 3.98. The predicted octanol–water partition coefficient (Wildman–Crippen LogP) is 4.10. The molecule has 0 saturated carbocycles. The molecular formula is C28H33Cl2N7OS. The van der Waals surface area contributed by atoms with Crippen LogP contribution in [0.25, 0.3) is 0 Å². The number of hydrogen-bond acceptors (Lipinski definition) is 5. The van der Waals surface area contributed by atoms with Crippen molar-refractivity contribution in [3.8, 4) is 6.07 Å². The van der Waals surface area contributed by atoms with Crippen LogP contribution in [-0.4, -0.2) is 70.1 Å². The molecule has 8 nitrogen and oxygen atoms in total. The van der Waals surface area contributed by atoms with E-state index in [4.69, 9.17) is 40.7 Å². The highest BCUT2D eigenvalue weighted by Gasteiger charge is 2.18. The van der Waals surface area contributed by atoms with Crippen molar-refractivity contribution in [3.05, 3.63) is 87.4 Å². The summed E-state index contributed by atoms with van der Waals surface area (Å²) < 4.78 is 1.93. The Balaban J connectivity index is 1.62. The molecule has 1 amide bonds. The van der Waals surface area contributed by atoms with Gasteiger partial charge in [0, 0.05) is 50.7 Å². The monoisotopic (exact) mass is 585 g/mol. The van der Waals surface area contributed by atoms with Crippen LogP contribution in [0.15, 0.2) is 55.0 Å². The van der Waals surface area contributed by atoms with E-state index >= 15 is 0 Å². The van der Waals surface area contributed by atoms with Crippen LogP contribution < -0.4 is 10.6 Å². The number of aromatic nitrogens is 2. The minimum Gasteiger partial charge on any atom is -0.361 e. The van der Waals surface area contributed by atoms with Crippen LogP contribution in [0.2, 0.25) is 10.0 Å². The third kappa shape index (κ3) is 9.52. The number of hydrogen-bond donors (Lipinski definition) is 2. The van der Waals surface area contributed by atoms with Gasteiger partial charge in [-0.2, -0.15) is 5.26 Å². The van der Waals surface area contributed by atoms with Crippen LogP contribution in [0.4, 0.5) is 0 Å². The van der Waals surface area contributed by atoms with Crippen molar-refractivity contribution in [1.29, 1.82) is 5.26 Å². The molecule has 0 aliphatic heterocycles. The number of rotatable bonds is 12. The van der Waals surface area contributed by atoms with E-state index in [2.05, 4.69) is 26.6 Å². The van der Waals surface area contributed by atoms with Gasteiger partial charge in [-0.15, -0.1) is 0 Å². The first-order valence-electron chi connectivity index (χ1n) is 12.5. The highest BCUT2D eigenvalue weighted by atomic mass is 35.5. The fraction of sp³-hybridized carbons (Fsp3) is 0.357. The number of halogens is 2. The van der Waals surface area contributed by atoms with Gasteiger partial charge in [0.05, 0.1) is 34.4 Å². The zero-order chi connectivity index (χ0) is 28.4. The third-order valence-corrected chi connectivity index (χ3v) is 7.25. The number of nitrogens with zero attached hydrogens (tertiary/aromatic N) is 5. The molecule has 2 aromatic carbocycles. The number of imidazole rings is 1. The van der Waals surface area contributed by atoms with Gasteiger partial charge in [-0.3, -0.25) is 4.79 Å². The molecule has 3 aromatic rings. The highest BCUT2D eigenvalue weighted by molar-refractivity contribution is 7.80. The molecule has 39 heavy (non-hydrogen) atoms. The van der Waals surface area contributed by atoms with Gasteiger partial charge in [0.2, 0.25) is 5.91 Å². The average molecular weight is 587 g/mol. The molecule has 11 heteroatoms. The molecule has 0 aliphatic rings. The summed E-state index contributed by atoms with van der Waals surface area (Å²) in [6.07, 6.45) is 3.59. The van der Waals surface area contributed by atoms with Gasteiger partial charge in [0.25, 0.3) is 0 Å². The lowest BCUT2D eigenvalue weighted by Gasteiger charge is -2.30. The minimum absolute atomic E-state index is 0.115. The summed E-state index contributed by atoms with van der Waals surface area (Å²) >= 11 is 18.4. The first-order valence-corrected chi connectivity index (χ1v) is 13.7. The van der Waals surface area contributed by atoms with Gasteiger partial charge in [-0.25, -0.2) is 4.98 Å². The Bertz CT molecular complexity index is 1300. The van der Waals surface area contributed by atoms with Crippen LogP contribution >= 0.6 is 35.4 Å².